The summed E-state index contributed by atoms with van der Waals surface area (Å²) < 4.78 is 41.6. The molecule has 2 aromatic carbocycles. The molecule has 196 valence electrons. The number of aliphatic hydroxyl groups excluding tert-OH is 1. The Morgan fingerprint density at radius 2 is 1.86 bits per heavy atom. The number of esters is 1. The number of ether oxygens (including phenoxy) is 5. The van der Waals surface area contributed by atoms with Gasteiger partial charge in [0.05, 0.1) is 39.5 Å². The van der Waals surface area contributed by atoms with E-state index in [9.17, 15) is 14.3 Å². The summed E-state index contributed by atoms with van der Waals surface area (Å²) in [6.07, 6.45) is 2.68. The minimum Gasteiger partial charge on any atom is -0.493 e. The molecule has 7 nitrogen and oxygen atoms in total. The van der Waals surface area contributed by atoms with Crippen molar-refractivity contribution in [1.82, 2.24) is 0 Å². The molecule has 0 aliphatic carbocycles. The molecule has 0 aromatic heterocycles. The normalized spacial score (nSPS) is 18.0. The van der Waals surface area contributed by atoms with E-state index in [1.807, 2.05) is 12.1 Å². The molecule has 0 saturated carbocycles. The molecular weight excluding hydrogens is 467 g/mol. The van der Waals surface area contributed by atoms with Crippen molar-refractivity contribution in [3.63, 3.8) is 0 Å². The van der Waals surface area contributed by atoms with Crippen LogP contribution in [0, 0.1) is 5.82 Å². The zero-order valence-corrected chi connectivity index (χ0v) is 21.3. The molecule has 2 aromatic rings. The second kappa shape index (κ2) is 13.4. The molecule has 1 aliphatic heterocycles. The van der Waals surface area contributed by atoms with Crippen LogP contribution in [-0.4, -0.2) is 63.9 Å². The first-order valence-corrected chi connectivity index (χ1v) is 12.1. The predicted octanol–water partition coefficient (Wildman–Crippen LogP) is 4.75. The van der Waals surface area contributed by atoms with Crippen molar-refractivity contribution < 1.29 is 38.0 Å². The standard InChI is InChI=1S/C28H35FO7/c1-18(2)24-17-25(33-4)28(35-14-13-34-12-11-32-3)27(19-5-7-20(29)8-6-19)23(24)10-9-22-15-21(30)16-26(31)36-22/h5-10,17-18,21-22,30H,11-16H2,1-4H3/t21-,22-/m0/s1. The number of aliphatic hydroxyl groups is 1. The Balaban J connectivity index is 2.08. The summed E-state index contributed by atoms with van der Waals surface area (Å²) in [7, 11) is 3.19. The highest BCUT2D eigenvalue weighted by molar-refractivity contribution is 5.85. The van der Waals surface area contributed by atoms with Crippen molar-refractivity contribution in [2.45, 2.75) is 44.8 Å². The topological polar surface area (TPSA) is 83.5 Å². The number of hydrogen-bond donors (Lipinski definition) is 1. The largest absolute Gasteiger partial charge is 0.493 e. The van der Waals surface area contributed by atoms with Gasteiger partial charge in [-0.1, -0.05) is 32.1 Å². The summed E-state index contributed by atoms with van der Waals surface area (Å²) in [5, 5.41) is 10.0. The number of carbonyl (C=O) groups excluding carboxylic acids is 1. The van der Waals surface area contributed by atoms with E-state index in [1.54, 1.807) is 32.4 Å². The van der Waals surface area contributed by atoms with Gasteiger partial charge in [0, 0.05) is 19.1 Å². The van der Waals surface area contributed by atoms with Crippen molar-refractivity contribution in [3.8, 4) is 22.6 Å². The molecule has 8 heteroatoms. The first-order valence-electron chi connectivity index (χ1n) is 12.1. The van der Waals surface area contributed by atoms with Gasteiger partial charge in [-0.2, -0.15) is 0 Å². The fourth-order valence-corrected chi connectivity index (χ4v) is 4.11. The summed E-state index contributed by atoms with van der Waals surface area (Å²) in [4.78, 5) is 11.8. The minimum absolute atomic E-state index is 0.00457. The average Bonchev–Trinajstić information content (AvgIpc) is 2.84. The Kier molecular flexibility index (Phi) is 10.3. The number of hydrogen-bond acceptors (Lipinski definition) is 7. The molecular formula is C28H35FO7. The van der Waals surface area contributed by atoms with Crippen LogP contribution in [0.1, 0.15) is 43.7 Å². The number of cyclic esters (lactones) is 1. The molecule has 3 rings (SSSR count). The highest BCUT2D eigenvalue weighted by atomic mass is 19.1. The molecule has 2 atom stereocenters. The van der Waals surface area contributed by atoms with Crippen LogP contribution in [0.3, 0.4) is 0 Å². The average molecular weight is 503 g/mol. The first kappa shape index (κ1) is 27.6. The monoisotopic (exact) mass is 502 g/mol. The summed E-state index contributed by atoms with van der Waals surface area (Å²) in [5.74, 6) is 0.387. The van der Waals surface area contributed by atoms with Crippen LogP contribution >= 0.6 is 0 Å². The number of benzene rings is 2. The Morgan fingerprint density at radius 1 is 1.14 bits per heavy atom. The Morgan fingerprint density at radius 3 is 2.50 bits per heavy atom. The summed E-state index contributed by atoms with van der Waals surface area (Å²) in [6, 6.07) is 8.11. The molecule has 1 fully saturated rings. The van der Waals surface area contributed by atoms with Gasteiger partial charge in [-0.25, -0.2) is 4.39 Å². The third-order valence-electron chi connectivity index (χ3n) is 5.87. The van der Waals surface area contributed by atoms with Gasteiger partial charge >= 0.3 is 5.97 Å². The minimum atomic E-state index is -0.741. The molecule has 0 amide bonds. The molecule has 36 heavy (non-hydrogen) atoms. The van der Waals surface area contributed by atoms with Crippen LogP contribution < -0.4 is 9.47 Å². The highest BCUT2D eigenvalue weighted by Gasteiger charge is 2.26. The highest BCUT2D eigenvalue weighted by Crippen LogP contribution is 2.45. The second-order valence-electron chi connectivity index (χ2n) is 8.88. The number of halogens is 1. The fraction of sp³-hybridized carbons (Fsp3) is 0.464. The lowest BCUT2D eigenvalue weighted by molar-refractivity contribution is -0.156. The molecule has 1 saturated heterocycles. The number of carbonyl (C=O) groups is 1. The van der Waals surface area contributed by atoms with Gasteiger partial charge < -0.3 is 28.8 Å². The zero-order valence-electron chi connectivity index (χ0n) is 21.3. The Bertz CT molecular complexity index is 1030. The van der Waals surface area contributed by atoms with Crippen molar-refractivity contribution in [3.05, 3.63) is 53.4 Å². The van der Waals surface area contributed by atoms with Crippen molar-refractivity contribution in [2.75, 3.05) is 40.6 Å². The van der Waals surface area contributed by atoms with Crippen molar-refractivity contribution in [2.24, 2.45) is 0 Å². The Hall–Kier alpha value is -2.94. The summed E-state index contributed by atoms with van der Waals surface area (Å²) in [5.41, 5.74) is 3.29. The van der Waals surface area contributed by atoms with Gasteiger partial charge in [-0.05, 0) is 46.9 Å². The van der Waals surface area contributed by atoms with Crippen LogP contribution in [0.5, 0.6) is 11.5 Å². The van der Waals surface area contributed by atoms with E-state index in [0.29, 0.717) is 37.7 Å². The third-order valence-corrected chi connectivity index (χ3v) is 5.87. The van der Waals surface area contributed by atoms with E-state index >= 15 is 0 Å². The lowest BCUT2D eigenvalue weighted by atomic mass is 9.88. The maximum Gasteiger partial charge on any atom is 0.309 e. The van der Waals surface area contributed by atoms with Gasteiger partial charge in [0.15, 0.2) is 11.5 Å². The molecule has 0 spiro atoms. The number of methoxy groups -OCH3 is 2. The van der Waals surface area contributed by atoms with Crippen molar-refractivity contribution >= 4 is 12.0 Å². The number of rotatable bonds is 12. The first-order chi connectivity index (χ1) is 17.3. The molecule has 0 unspecified atom stereocenters. The maximum absolute atomic E-state index is 13.8. The van der Waals surface area contributed by atoms with E-state index in [1.165, 1.54) is 12.1 Å². The van der Waals surface area contributed by atoms with E-state index in [-0.39, 0.29) is 24.8 Å². The predicted molar refractivity (Wildman–Crippen MR) is 135 cm³/mol. The Labute approximate surface area is 211 Å². The molecule has 1 aliphatic rings. The van der Waals surface area contributed by atoms with Crippen LogP contribution in [-0.2, 0) is 19.0 Å². The molecule has 1 N–H and O–H groups in total. The van der Waals surface area contributed by atoms with Gasteiger partial charge in [-0.15, -0.1) is 0 Å². The summed E-state index contributed by atoms with van der Waals surface area (Å²) in [6.45, 7) is 5.69. The van der Waals surface area contributed by atoms with Gasteiger partial charge in [0.25, 0.3) is 0 Å². The van der Waals surface area contributed by atoms with E-state index in [4.69, 9.17) is 23.7 Å². The lowest BCUT2D eigenvalue weighted by Crippen LogP contribution is -2.31. The second-order valence-corrected chi connectivity index (χ2v) is 8.88. The van der Waals surface area contributed by atoms with E-state index in [2.05, 4.69) is 13.8 Å². The molecule has 0 bridgehead atoms. The van der Waals surface area contributed by atoms with E-state index < -0.39 is 18.2 Å². The zero-order chi connectivity index (χ0) is 26.1. The fourth-order valence-electron chi connectivity index (χ4n) is 4.11. The van der Waals surface area contributed by atoms with Gasteiger partial charge in [-0.3, -0.25) is 4.79 Å². The molecule has 1 heterocycles. The SMILES string of the molecule is COCCOCCOc1c(OC)cc(C(C)C)c(C=C[C@H]2C[C@H](O)CC(=O)O2)c1-c1ccc(F)cc1. The molecule has 0 radical (unpaired) electrons. The quantitative estimate of drug-likeness (QED) is 0.331. The van der Waals surface area contributed by atoms with Crippen LogP contribution in [0.15, 0.2) is 36.4 Å². The third kappa shape index (κ3) is 7.29. The van der Waals surface area contributed by atoms with Crippen LogP contribution in [0.25, 0.3) is 17.2 Å². The van der Waals surface area contributed by atoms with E-state index in [0.717, 1.165) is 22.3 Å². The lowest BCUT2D eigenvalue weighted by Gasteiger charge is -2.25. The van der Waals surface area contributed by atoms with Gasteiger partial charge in [0.1, 0.15) is 18.5 Å². The smallest absolute Gasteiger partial charge is 0.309 e. The van der Waals surface area contributed by atoms with Crippen LogP contribution in [0.2, 0.25) is 0 Å². The summed E-state index contributed by atoms with van der Waals surface area (Å²) >= 11 is 0. The van der Waals surface area contributed by atoms with Crippen molar-refractivity contribution in [1.29, 1.82) is 0 Å². The maximum atomic E-state index is 13.8. The van der Waals surface area contributed by atoms with Crippen LogP contribution in [0.4, 0.5) is 4.39 Å². The van der Waals surface area contributed by atoms with Gasteiger partial charge in [0.2, 0.25) is 0 Å².